The Kier molecular flexibility index (Phi) is 4.49. The first-order chi connectivity index (χ1) is 14.8. The van der Waals surface area contributed by atoms with Crippen LogP contribution in [0.5, 0.6) is 0 Å². The van der Waals surface area contributed by atoms with Gasteiger partial charge in [0, 0.05) is 34.7 Å². The van der Waals surface area contributed by atoms with Crippen molar-refractivity contribution in [1.29, 1.82) is 0 Å². The number of nitrogens with two attached hydrogens (primary N) is 1. The molecule has 0 aliphatic carbocycles. The molecule has 0 spiro atoms. The van der Waals surface area contributed by atoms with Gasteiger partial charge in [-0.15, -0.1) is 11.3 Å². The molecule has 3 heterocycles. The smallest absolute Gasteiger partial charge is 0.265 e. The van der Waals surface area contributed by atoms with Crippen LogP contribution in [0.2, 0.25) is 0 Å². The van der Waals surface area contributed by atoms with E-state index in [4.69, 9.17) is 10.7 Å². The molecule has 3 aromatic rings. The van der Waals surface area contributed by atoms with Crippen molar-refractivity contribution < 1.29 is 12.8 Å². The van der Waals surface area contributed by atoms with Crippen LogP contribution in [-0.4, -0.2) is 19.6 Å². The number of fused-ring (bicyclic) bond motifs is 3. The first kappa shape index (κ1) is 19.9. The maximum Gasteiger partial charge on any atom is 0.265 e. The van der Waals surface area contributed by atoms with Gasteiger partial charge in [0.2, 0.25) is 0 Å². The van der Waals surface area contributed by atoms with Crippen LogP contribution in [0, 0.1) is 18.7 Å². The monoisotopic (exact) mass is 454 g/mol. The van der Waals surface area contributed by atoms with Gasteiger partial charge in [0.25, 0.3) is 10.0 Å². The van der Waals surface area contributed by atoms with E-state index in [1.165, 1.54) is 17.4 Å². The van der Waals surface area contributed by atoms with Gasteiger partial charge in [0.1, 0.15) is 16.5 Å². The minimum absolute atomic E-state index is 0.0689. The molecule has 0 bridgehead atoms. The number of anilines is 1. The van der Waals surface area contributed by atoms with Crippen LogP contribution in [0.15, 0.2) is 58.2 Å². The Morgan fingerprint density at radius 2 is 1.90 bits per heavy atom. The zero-order valence-corrected chi connectivity index (χ0v) is 18.4. The highest BCUT2D eigenvalue weighted by molar-refractivity contribution is 7.93. The number of thiazole rings is 1. The summed E-state index contributed by atoms with van der Waals surface area (Å²) < 4.78 is 42.5. The van der Waals surface area contributed by atoms with Crippen molar-refractivity contribution in [3.63, 3.8) is 0 Å². The molecule has 0 fully saturated rings. The summed E-state index contributed by atoms with van der Waals surface area (Å²) in [4.78, 5) is 9.55. The molecular formula is C22H19FN4O2S2. The molecule has 2 aliphatic heterocycles. The molecule has 5 rings (SSSR count). The molecule has 0 amide bonds. The van der Waals surface area contributed by atoms with Gasteiger partial charge in [-0.05, 0) is 25.1 Å². The van der Waals surface area contributed by atoms with E-state index in [-0.39, 0.29) is 16.7 Å². The lowest BCUT2D eigenvalue weighted by molar-refractivity contribution is 0.570. The maximum atomic E-state index is 14.6. The van der Waals surface area contributed by atoms with Crippen LogP contribution in [-0.2, 0) is 10.0 Å². The van der Waals surface area contributed by atoms with Crippen LogP contribution in [0.4, 0.5) is 10.1 Å². The molecular weight excluding hydrogens is 435 g/mol. The van der Waals surface area contributed by atoms with Gasteiger partial charge in [0.15, 0.2) is 0 Å². The Morgan fingerprint density at radius 3 is 2.71 bits per heavy atom. The normalized spacial score (nSPS) is 21.1. The zero-order valence-electron chi connectivity index (χ0n) is 16.8. The number of nitrogens with one attached hydrogen (secondary N) is 1. The third kappa shape index (κ3) is 3.16. The van der Waals surface area contributed by atoms with E-state index in [0.717, 1.165) is 27.2 Å². The van der Waals surface area contributed by atoms with Crippen molar-refractivity contribution in [2.75, 3.05) is 4.72 Å². The Bertz CT molecular complexity index is 1390. The van der Waals surface area contributed by atoms with Gasteiger partial charge < -0.3 is 5.73 Å². The molecule has 0 saturated heterocycles. The highest BCUT2D eigenvalue weighted by atomic mass is 32.2. The van der Waals surface area contributed by atoms with Gasteiger partial charge in [0.05, 0.1) is 21.3 Å². The number of sulfonamides is 1. The first-order valence-corrected chi connectivity index (χ1v) is 12.0. The van der Waals surface area contributed by atoms with Gasteiger partial charge in [-0.2, -0.15) is 0 Å². The summed E-state index contributed by atoms with van der Waals surface area (Å²) in [5.41, 5.74) is 9.02. The highest BCUT2D eigenvalue weighted by Gasteiger charge is 2.34. The number of rotatable bonds is 2. The third-order valence-electron chi connectivity index (χ3n) is 5.51. The van der Waals surface area contributed by atoms with Crippen molar-refractivity contribution in [3.05, 3.63) is 64.8 Å². The number of allylic oxidation sites excluding steroid dienone is 1. The van der Waals surface area contributed by atoms with E-state index in [9.17, 15) is 12.8 Å². The quantitative estimate of drug-likeness (QED) is 0.589. The minimum atomic E-state index is -4.01. The maximum absolute atomic E-state index is 14.6. The number of benzene rings is 2. The summed E-state index contributed by atoms with van der Waals surface area (Å²) in [7, 11) is -4.01. The molecule has 1 aromatic heterocycles. The Hall–Kier alpha value is -3.04. The first-order valence-electron chi connectivity index (χ1n) is 9.70. The second-order valence-electron chi connectivity index (χ2n) is 7.65. The van der Waals surface area contributed by atoms with Crippen molar-refractivity contribution in [2.45, 2.75) is 24.7 Å². The molecule has 9 heteroatoms. The van der Waals surface area contributed by atoms with Crippen LogP contribution in [0.25, 0.3) is 21.6 Å². The van der Waals surface area contributed by atoms with E-state index in [0.29, 0.717) is 22.6 Å². The van der Waals surface area contributed by atoms with Gasteiger partial charge in [-0.25, -0.2) is 22.8 Å². The fraction of sp³-hybridized carbons (Fsp3) is 0.182. The molecule has 158 valence electrons. The summed E-state index contributed by atoms with van der Waals surface area (Å²) in [6.45, 7) is 3.98. The highest BCUT2D eigenvalue weighted by Crippen LogP contribution is 2.49. The fourth-order valence-corrected chi connectivity index (χ4v) is 6.51. The van der Waals surface area contributed by atoms with Crippen molar-refractivity contribution in [1.82, 2.24) is 4.98 Å². The lowest BCUT2D eigenvalue weighted by atomic mass is 9.87. The average molecular weight is 455 g/mol. The van der Waals surface area contributed by atoms with Crippen molar-refractivity contribution in [3.8, 4) is 21.6 Å². The average Bonchev–Trinajstić information content (AvgIpc) is 3.10. The van der Waals surface area contributed by atoms with Crippen molar-refractivity contribution in [2.24, 2.45) is 16.6 Å². The van der Waals surface area contributed by atoms with E-state index in [2.05, 4.69) is 16.6 Å². The standard InChI is InChI=1S/C22H19FN4O2S2/c1-11-10-25-18(24)9-15(11)20-21(30-12(2)26-20)13-5-4-8-17-19(13)14-6-3-7-16(23)22(14)31(28,29)27-17/h3-11,15,27H,24H2,1-2H3. The van der Waals surface area contributed by atoms with Crippen LogP contribution in [0.1, 0.15) is 23.5 Å². The number of nitrogens with zero attached hydrogens (tertiary/aromatic N) is 2. The molecule has 31 heavy (non-hydrogen) atoms. The number of halogens is 1. The second kappa shape index (κ2) is 7.00. The molecule has 0 radical (unpaired) electrons. The van der Waals surface area contributed by atoms with Crippen molar-refractivity contribution >= 4 is 33.3 Å². The number of hydrogen-bond donors (Lipinski definition) is 2. The summed E-state index contributed by atoms with van der Waals surface area (Å²) >= 11 is 1.52. The predicted molar refractivity (Wildman–Crippen MR) is 121 cm³/mol. The Labute approximate surface area is 183 Å². The SMILES string of the molecule is Cc1nc(C2C=C(N)N=CC2C)c(-c2cccc3c2-c2cccc(F)c2S(=O)(=O)N3)s1. The van der Waals surface area contributed by atoms with E-state index >= 15 is 0 Å². The number of hydrogen-bond acceptors (Lipinski definition) is 6. The van der Waals surface area contributed by atoms with Crippen LogP contribution in [0.3, 0.4) is 0 Å². The molecule has 3 N–H and O–H groups in total. The van der Waals surface area contributed by atoms with E-state index < -0.39 is 15.8 Å². The summed E-state index contributed by atoms with van der Waals surface area (Å²) in [5, 5.41) is 0.875. The van der Waals surface area contributed by atoms with Gasteiger partial charge >= 0.3 is 0 Å². The molecule has 2 aliphatic rings. The Morgan fingerprint density at radius 1 is 1.16 bits per heavy atom. The molecule has 2 aromatic carbocycles. The largest absolute Gasteiger partial charge is 0.384 e. The second-order valence-corrected chi connectivity index (χ2v) is 10.5. The molecule has 6 nitrogen and oxygen atoms in total. The molecule has 2 atom stereocenters. The van der Waals surface area contributed by atoms with Gasteiger partial charge in [-0.3, -0.25) is 4.72 Å². The lowest BCUT2D eigenvalue weighted by Crippen LogP contribution is -2.21. The van der Waals surface area contributed by atoms with Crippen LogP contribution >= 0.6 is 11.3 Å². The molecule has 0 saturated carbocycles. The number of aliphatic imine (C=N–C) groups is 1. The number of aromatic nitrogens is 1. The number of aryl methyl sites for hydroxylation is 1. The Balaban J connectivity index is 1.78. The summed E-state index contributed by atoms with van der Waals surface area (Å²) in [6.07, 6.45) is 3.71. The van der Waals surface area contributed by atoms with Crippen LogP contribution < -0.4 is 10.5 Å². The molecule has 2 unspecified atom stereocenters. The minimum Gasteiger partial charge on any atom is -0.384 e. The van der Waals surface area contributed by atoms with E-state index in [1.54, 1.807) is 18.2 Å². The summed E-state index contributed by atoms with van der Waals surface area (Å²) in [6, 6.07) is 9.71. The fourth-order valence-electron chi connectivity index (χ4n) is 4.16. The lowest BCUT2D eigenvalue weighted by Gasteiger charge is -2.25. The van der Waals surface area contributed by atoms with E-state index in [1.807, 2.05) is 25.3 Å². The summed E-state index contributed by atoms with van der Waals surface area (Å²) in [5.74, 6) is -0.315. The van der Waals surface area contributed by atoms with Gasteiger partial charge in [-0.1, -0.05) is 31.2 Å². The predicted octanol–water partition coefficient (Wildman–Crippen LogP) is 4.64. The zero-order chi connectivity index (χ0) is 21.9. The topological polar surface area (TPSA) is 97.4 Å². The third-order valence-corrected chi connectivity index (χ3v) is 7.97.